The molecule has 132 valence electrons. The molecule has 0 radical (unpaired) electrons. The fraction of sp³-hybridized carbons (Fsp3) is 0.421. The van der Waals surface area contributed by atoms with Crippen LogP contribution in [0.25, 0.3) is 0 Å². The third-order valence-corrected chi connectivity index (χ3v) is 4.71. The minimum atomic E-state index is -0.0447. The lowest BCUT2D eigenvalue weighted by Crippen LogP contribution is -2.47. The highest BCUT2D eigenvalue weighted by Gasteiger charge is 2.32. The van der Waals surface area contributed by atoms with Crippen molar-refractivity contribution < 1.29 is 14.3 Å². The fourth-order valence-electron chi connectivity index (χ4n) is 3.35. The van der Waals surface area contributed by atoms with Gasteiger partial charge in [-0.2, -0.15) is 0 Å². The van der Waals surface area contributed by atoms with Crippen LogP contribution in [0.15, 0.2) is 42.9 Å². The molecule has 3 rings (SSSR count). The summed E-state index contributed by atoms with van der Waals surface area (Å²) >= 11 is 0. The minimum Gasteiger partial charge on any atom is -0.497 e. The van der Waals surface area contributed by atoms with E-state index in [0.29, 0.717) is 18.8 Å². The maximum Gasteiger partial charge on any atom is 0.272 e. The predicted octanol–water partition coefficient (Wildman–Crippen LogP) is 2.21. The lowest BCUT2D eigenvalue weighted by atomic mass is 9.88. The molecule has 0 unspecified atom stereocenters. The minimum absolute atomic E-state index is 0.0447. The number of ether oxygens (including phenoxy) is 2. The third kappa shape index (κ3) is 4.14. The number of benzene rings is 1. The van der Waals surface area contributed by atoms with Crippen LogP contribution in [0.4, 0.5) is 0 Å². The average Bonchev–Trinajstić information content (AvgIpc) is 2.68. The second kappa shape index (κ2) is 8.07. The van der Waals surface area contributed by atoms with Gasteiger partial charge in [0, 0.05) is 32.3 Å². The van der Waals surface area contributed by atoms with Gasteiger partial charge in [-0.25, -0.2) is 9.97 Å². The van der Waals surface area contributed by atoms with E-state index in [2.05, 4.69) is 22.1 Å². The smallest absolute Gasteiger partial charge is 0.272 e. The van der Waals surface area contributed by atoms with E-state index in [1.54, 1.807) is 26.5 Å². The number of hydrogen-bond acceptors (Lipinski definition) is 5. The highest BCUT2D eigenvalue weighted by atomic mass is 16.5. The van der Waals surface area contributed by atoms with E-state index in [1.807, 2.05) is 17.0 Å². The van der Waals surface area contributed by atoms with Crippen LogP contribution < -0.4 is 4.74 Å². The molecular weight excluding hydrogens is 318 g/mol. The second-order valence-corrected chi connectivity index (χ2v) is 6.22. The maximum atomic E-state index is 12.7. The van der Waals surface area contributed by atoms with Gasteiger partial charge in [-0.1, -0.05) is 12.1 Å². The Morgan fingerprint density at radius 2 is 2.04 bits per heavy atom. The zero-order chi connectivity index (χ0) is 17.6. The molecule has 2 heterocycles. The van der Waals surface area contributed by atoms with Gasteiger partial charge in [0.15, 0.2) is 0 Å². The standard InChI is InChI=1S/C19H23N3O3/c1-24-16-5-3-14(4-6-16)11-15-12-22(10-8-18(15)25-2)19(23)17-7-9-20-13-21-17/h3-7,9,13,15,18H,8,10-12H2,1-2H3/t15-,18+/m1/s1. The van der Waals surface area contributed by atoms with Crippen LogP contribution in [0.2, 0.25) is 0 Å². The number of amides is 1. The Kier molecular flexibility index (Phi) is 5.60. The third-order valence-electron chi connectivity index (χ3n) is 4.71. The highest BCUT2D eigenvalue weighted by molar-refractivity contribution is 5.92. The van der Waals surface area contributed by atoms with E-state index >= 15 is 0 Å². The zero-order valence-electron chi connectivity index (χ0n) is 14.6. The van der Waals surface area contributed by atoms with Gasteiger partial charge in [-0.3, -0.25) is 4.79 Å². The number of rotatable bonds is 5. The molecule has 6 heteroatoms. The van der Waals surface area contributed by atoms with Crippen molar-refractivity contribution in [3.63, 3.8) is 0 Å². The number of nitrogens with zero attached hydrogens (tertiary/aromatic N) is 3. The molecule has 0 N–H and O–H groups in total. The Labute approximate surface area is 147 Å². The van der Waals surface area contributed by atoms with Crippen molar-refractivity contribution in [2.75, 3.05) is 27.3 Å². The Hall–Kier alpha value is -2.47. The van der Waals surface area contributed by atoms with Crippen molar-refractivity contribution in [2.24, 2.45) is 5.92 Å². The van der Waals surface area contributed by atoms with Gasteiger partial charge in [-0.15, -0.1) is 0 Å². The van der Waals surface area contributed by atoms with E-state index in [0.717, 1.165) is 18.6 Å². The van der Waals surface area contributed by atoms with E-state index < -0.39 is 0 Å². The van der Waals surface area contributed by atoms with Crippen molar-refractivity contribution in [3.05, 3.63) is 54.1 Å². The molecular formula is C19H23N3O3. The first kappa shape index (κ1) is 17.4. The first-order valence-corrected chi connectivity index (χ1v) is 8.42. The summed E-state index contributed by atoms with van der Waals surface area (Å²) in [5.41, 5.74) is 1.65. The molecule has 0 aliphatic carbocycles. The van der Waals surface area contributed by atoms with Gasteiger partial charge in [0.25, 0.3) is 5.91 Å². The number of carbonyl (C=O) groups is 1. The molecule has 1 fully saturated rings. The van der Waals surface area contributed by atoms with Crippen LogP contribution in [0, 0.1) is 5.92 Å². The Morgan fingerprint density at radius 1 is 1.24 bits per heavy atom. The summed E-state index contributed by atoms with van der Waals surface area (Å²) in [5.74, 6) is 1.05. The van der Waals surface area contributed by atoms with E-state index in [4.69, 9.17) is 9.47 Å². The maximum absolute atomic E-state index is 12.7. The predicted molar refractivity (Wildman–Crippen MR) is 93.5 cm³/mol. The molecule has 2 atom stereocenters. The molecule has 0 bridgehead atoms. The SMILES string of the molecule is COc1ccc(C[C@@H]2CN(C(=O)c3ccncn3)CC[C@@H]2OC)cc1. The summed E-state index contributed by atoms with van der Waals surface area (Å²) in [6.07, 6.45) is 4.84. The molecule has 1 aliphatic heterocycles. The molecule has 1 saturated heterocycles. The molecule has 1 aromatic heterocycles. The van der Waals surface area contributed by atoms with Crippen molar-refractivity contribution in [2.45, 2.75) is 18.9 Å². The monoisotopic (exact) mass is 341 g/mol. The largest absolute Gasteiger partial charge is 0.497 e. The van der Waals surface area contributed by atoms with E-state index in [9.17, 15) is 4.79 Å². The summed E-state index contributed by atoms with van der Waals surface area (Å²) in [5, 5.41) is 0. The number of carbonyl (C=O) groups excluding carboxylic acids is 1. The van der Waals surface area contributed by atoms with Gasteiger partial charge in [0.1, 0.15) is 17.8 Å². The highest BCUT2D eigenvalue weighted by Crippen LogP contribution is 2.25. The van der Waals surface area contributed by atoms with Crippen LogP contribution in [-0.2, 0) is 11.2 Å². The fourth-order valence-corrected chi connectivity index (χ4v) is 3.35. The number of hydrogen-bond donors (Lipinski definition) is 0. The summed E-state index contributed by atoms with van der Waals surface area (Å²) in [7, 11) is 3.40. The normalized spacial score (nSPS) is 20.3. The molecule has 1 aromatic carbocycles. The van der Waals surface area contributed by atoms with E-state index in [1.165, 1.54) is 11.9 Å². The molecule has 0 spiro atoms. The Balaban J connectivity index is 1.70. The Morgan fingerprint density at radius 3 is 2.68 bits per heavy atom. The molecule has 0 saturated carbocycles. The zero-order valence-corrected chi connectivity index (χ0v) is 14.6. The van der Waals surface area contributed by atoms with Crippen molar-refractivity contribution in [3.8, 4) is 5.75 Å². The van der Waals surface area contributed by atoms with Gasteiger partial charge < -0.3 is 14.4 Å². The van der Waals surface area contributed by atoms with Crippen LogP contribution in [0.1, 0.15) is 22.5 Å². The first-order valence-electron chi connectivity index (χ1n) is 8.42. The number of likely N-dealkylation sites (tertiary alicyclic amines) is 1. The van der Waals surface area contributed by atoms with Crippen LogP contribution in [0.3, 0.4) is 0 Å². The molecule has 6 nitrogen and oxygen atoms in total. The molecule has 1 aliphatic rings. The molecule has 2 aromatic rings. The summed E-state index contributed by atoms with van der Waals surface area (Å²) in [4.78, 5) is 22.5. The summed E-state index contributed by atoms with van der Waals surface area (Å²) in [6, 6.07) is 9.71. The topological polar surface area (TPSA) is 64.5 Å². The van der Waals surface area contributed by atoms with Crippen molar-refractivity contribution in [1.29, 1.82) is 0 Å². The molecule has 25 heavy (non-hydrogen) atoms. The molecule has 1 amide bonds. The average molecular weight is 341 g/mol. The van der Waals surface area contributed by atoms with E-state index in [-0.39, 0.29) is 17.9 Å². The number of piperidine rings is 1. The van der Waals surface area contributed by atoms with Crippen LogP contribution >= 0.6 is 0 Å². The van der Waals surface area contributed by atoms with Gasteiger partial charge in [0.2, 0.25) is 0 Å². The second-order valence-electron chi connectivity index (χ2n) is 6.22. The summed E-state index contributed by atoms with van der Waals surface area (Å²) in [6.45, 7) is 1.34. The first-order chi connectivity index (χ1) is 12.2. The Bertz CT molecular complexity index is 691. The van der Waals surface area contributed by atoms with Crippen molar-refractivity contribution in [1.82, 2.24) is 14.9 Å². The quantitative estimate of drug-likeness (QED) is 0.834. The van der Waals surface area contributed by atoms with Crippen LogP contribution in [-0.4, -0.2) is 54.2 Å². The van der Waals surface area contributed by atoms with Gasteiger partial charge in [-0.05, 0) is 36.6 Å². The lowest BCUT2D eigenvalue weighted by Gasteiger charge is -2.38. The van der Waals surface area contributed by atoms with Crippen LogP contribution in [0.5, 0.6) is 5.75 Å². The van der Waals surface area contributed by atoms with Crippen molar-refractivity contribution >= 4 is 5.91 Å². The van der Waals surface area contributed by atoms with Gasteiger partial charge in [0.05, 0.1) is 13.2 Å². The van der Waals surface area contributed by atoms with Gasteiger partial charge >= 0.3 is 0 Å². The summed E-state index contributed by atoms with van der Waals surface area (Å²) < 4.78 is 10.9. The lowest BCUT2D eigenvalue weighted by molar-refractivity contribution is -0.00317. The number of aromatic nitrogens is 2. The number of methoxy groups -OCH3 is 2.